The van der Waals surface area contributed by atoms with E-state index in [1.54, 1.807) is 18.2 Å². The lowest BCUT2D eigenvalue weighted by atomic mass is 9.79. The van der Waals surface area contributed by atoms with E-state index in [2.05, 4.69) is 22.1 Å². The number of benzene rings is 1. The summed E-state index contributed by atoms with van der Waals surface area (Å²) in [5.41, 5.74) is 2.15. The number of nitrogens with zero attached hydrogens (tertiary/aromatic N) is 2. The van der Waals surface area contributed by atoms with Crippen molar-refractivity contribution in [1.29, 1.82) is 0 Å². The second-order valence-corrected chi connectivity index (χ2v) is 7.20. The van der Waals surface area contributed by atoms with E-state index in [0.29, 0.717) is 17.7 Å². The van der Waals surface area contributed by atoms with Crippen LogP contribution in [0.5, 0.6) is 0 Å². The normalized spacial score (nSPS) is 27.3. The Bertz CT molecular complexity index is 820. The Morgan fingerprint density at radius 2 is 1.88 bits per heavy atom. The lowest BCUT2D eigenvalue weighted by molar-refractivity contribution is -0.384. The third kappa shape index (κ3) is 2.99. The van der Waals surface area contributed by atoms with Crippen molar-refractivity contribution >= 4 is 11.6 Å². The van der Waals surface area contributed by atoms with Gasteiger partial charge in [0.15, 0.2) is 0 Å². The molecule has 0 aliphatic carbocycles. The molecule has 2 aromatic rings. The summed E-state index contributed by atoms with van der Waals surface area (Å²) in [6, 6.07) is 10.4. The molecule has 0 unspecified atom stereocenters. The molecule has 0 spiro atoms. The number of nitrogens with one attached hydrogen (secondary N) is 2. The molecule has 4 heterocycles. The van der Waals surface area contributed by atoms with Crippen molar-refractivity contribution in [2.45, 2.75) is 31.8 Å². The summed E-state index contributed by atoms with van der Waals surface area (Å²) in [7, 11) is 0. The van der Waals surface area contributed by atoms with E-state index in [1.807, 2.05) is 6.07 Å². The molecule has 3 aliphatic rings. The minimum Gasteiger partial charge on any atom is -0.351 e. The van der Waals surface area contributed by atoms with Crippen LogP contribution in [0.2, 0.25) is 0 Å². The highest BCUT2D eigenvalue weighted by Gasteiger charge is 2.40. The van der Waals surface area contributed by atoms with Crippen molar-refractivity contribution in [3.05, 3.63) is 52.2 Å². The average molecular weight is 354 g/mol. The predicted octanol–water partition coefficient (Wildman–Crippen LogP) is 2.80. The number of fused-ring (bicyclic) bond motifs is 3. The highest BCUT2D eigenvalue weighted by Crippen LogP contribution is 2.32. The Morgan fingerprint density at radius 1 is 1.19 bits per heavy atom. The molecule has 2 atom stereocenters. The third-order valence-corrected chi connectivity index (χ3v) is 5.80. The number of carbonyl (C=O) groups is 1. The zero-order valence-electron chi connectivity index (χ0n) is 14.6. The number of nitro benzene ring substituents is 1. The quantitative estimate of drug-likeness (QED) is 0.652. The molecule has 3 saturated heterocycles. The van der Waals surface area contributed by atoms with Gasteiger partial charge in [-0.2, -0.15) is 0 Å². The van der Waals surface area contributed by atoms with E-state index >= 15 is 0 Å². The van der Waals surface area contributed by atoms with Crippen LogP contribution in [0.25, 0.3) is 11.3 Å². The molecule has 7 heteroatoms. The standard InChI is InChI=1S/C19H22N4O3/c1-12-18(14-8-10-22(12)11-9-14)21-19(24)17-7-6-16(20-17)13-2-4-15(5-3-13)23(25)26/h2-7,12,14,18,20H,8-11H2,1H3,(H,21,24)/t12-,18+/m1/s1. The van der Waals surface area contributed by atoms with E-state index in [0.717, 1.165) is 37.2 Å². The van der Waals surface area contributed by atoms with Gasteiger partial charge in [0, 0.05) is 29.9 Å². The van der Waals surface area contributed by atoms with Crippen molar-refractivity contribution < 1.29 is 9.72 Å². The van der Waals surface area contributed by atoms with Crippen LogP contribution < -0.4 is 5.32 Å². The number of carbonyl (C=O) groups excluding carboxylic acids is 1. The Balaban J connectivity index is 1.47. The summed E-state index contributed by atoms with van der Waals surface area (Å²) in [4.78, 5) is 28.6. The molecule has 0 radical (unpaired) electrons. The number of aromatic amines is 1. The van der Waals surface area contributed by atoms with Crippen LogP contribution in [-0.4, -0.2) is 45.9 Å². The highest BCUT2D eigenvalue weighted by molar-refractivity contribution is 5.93. The summed E-state index contributed by atoms with van der Waals surface area (Å²) >= 11 is 0. The van der Waals surface area contributed by atoms with Gasteiger partial charge < -0.3 is 10.3 Å². The fourth-order valence-electron chi connectivity index (χ4n) is 4.23. The summed E-state index contributed by atoms with van der Waals surface area (Å²) in [6.45, 7) is 4.45. The topological polar surface area (TPSA) is 91.3 Å². The maximum Gasteiger partial charge on any atom is 0.269 e. The molecule has 0 saturated carbocycles. The van der Waals surface area contributed by atoms with E-state index in [4.69, 9.17) is 0 Å². The van der Waals surface area contributed by atoms with Crippen LogP contribution in [0.3, 0.4) is 0 Å². The van der Waals surface area contributed by atoms with Gasteiger partial charge >= 0.3 is 0 Å². The number of rotatable bonds is 4. The fraction of sp³-hybridized carbons (Fsp3) is 0.421. The van der Waals surface area contributed by atoms with Crippen LogP contribution in [-0.2, 0) is 0 Å². The Kier molecular flexibility index (Phi) is 4.24. The van der Waals surface area contributed by atoms with Crippen LogP contribution in [0.4, 0.5) is 5.69 Å². The first kappa shape index (κ1) is 16.8. The van der Waals surface area contributed by atoms with Gasteiger partial charge in [-0.05, 0) is 68.6 Å². The second kappa shape index (κ2) is 6.57. The molecule has 1 aromatic heterocycles. The molecule has 2 N–H and O–H groups in total. The van der Waals surface area contributed by atoms with Crippen LogP contribution >= 0.6 is 0 Å². The van der Waals surface area contributed by atoms with Crippen LogP contribution in [0.15, 0.2) is 36.4 Å². The molecule has 136 valence electrons. The fourth-order valence-corrected chi connectivity index (χ4v) is 4.23. The number of amides is 1. The molecular weight excluding hydrogens is 332 g/mol. The number of hydrogen-bond donors (Lipinski definition) is 2. The van der Waals surface area contributed by atoms with Gasteiger partial charge in [0.25, 0.3) is 11.6 Å². The van der Waals surface area contributed by atoms with Crippen LogP contribution in [0, 0.1) is 16.0 Å². The van der Waals surface area contributed by atoms with Gasteiger partial charge in [-0.3, -0.25) is 19.8 Å². The summed E-state index contributed by atoms with van der Waals surface area (Å²) < 4.78 is 0. The van der Waals surface area contributed by atoms with Crippen molar-refractivity contribution in [3.8, 4) is 11.3 Å². The average Bonchev–Trinajstić information content (AvgIpc) is 3.15. The van der Waals surface area contributed by atoms with Crippen molar-refractivity contribution in [2.75, 3.05) is 13.1 Å². The number of non-ortho nitro benzene ring substituents is 1. The van der Waals surface area contributed by atoms with E-state index in [-0.39, 0.29) is 17.6 Å². The van der Waals surface area contributed by atoms with Crippen molar-refractivity contribution in [3.63, 3.8) is 0 Å². The van der Waals surface area contributed by atoms with Gasteiger partial charge in [-0.15, -0.1) is 0 Å². The molecule has 1 amide bonds. The highest BCUT2D eigenvalue weighted by atomic mass is 16.6. The van der Waals surface area contributed by atoms with Crippen molar-refractivity contribution in [2.24, 2.45) is 5.92 Å². The van der Waals surface area contributed by atoms with Gasteiger partial charge in [0.05, 0.1) is 4.92 Å². The Morgan fingerprint density at radius 3 is 2.50 bits per heavy atom. The Hall–Kier alpha value is -2.67. The van der Waals surface area contributed by atoms with Gasteiger partial charge in [0.1, 0.15) is 5.69 Å². The molecule has 1 aromatic carbocycles. The monoisotopic (exact) mass is 354 g/mol. The number of nitro groups is 1. The summed E-state index contributed by atoms with van der Waals surface area (Å²) in [5, 5.41) is 14.0. The first-order valence-corrected chi connectivity index (χ1v) is 9.01. The van der Waals surface area contributed by atoms with Gasteiger partial charge in [-0.1, -0.05) is 0 Å². The molecule has 2 bridgehead atoms. The SMILES string of the molecule is C[C@@H]1[C@H](NC(=O)c2ccc(-c3ccc([N+](=O)[O-])cc3)[nH]2)C2CCN1CC2. The first-order valence-electron chi connectivity index (χ1n) is 9.01. The number of H-pyrrole nitrogens is 1. The zero-order chi connectivity index (χ0) is 18.3. The minimum atomic E-state index is -0.424. The summed E-state index contributed by atoms with van der Waals surface area (Å²) in [5.74, 6) is 0.465. The molecular formula is C19H22N4O3. The molecule has 7 nitrogen and oxygen atoms in total. The minimum absolute atomic E-state index is 0.0506. The number of aromatic nitrogens is 1. The first-order chi connectivity index (χ1) is 12.5. The maximum absolute atomic E-state index is 12.7. The molecule has 26 heavy (non-hydrogen) atoms. The predicted molar refractivity (Wildman–Crippen MR) is 97.9 cm³/mol. The zero-order valence-corrected chi connectivity index (χ0v) is 14.6. The largest absolute Gasteiger partial charge is 0.351 e. The number of hydrogen-bond acceptors (Lipinski definition) is 4. The molecule has 5 rings (SSSR count). The molecule has 3 aliphatic heterocycles. The van der Waals surface area contributed by atoms with Crippen molar-refractivity contribution in [1.82, 2.24) is 15.2 Å². The lowest BCUT2D eigenvalue weighted by Crippen LogP contribution is -2.62. The van der Waals surface area contributed by atoms with E-state index in [9.17, 15) is 14.9 Å². The number of piperidine rings is 3. The molecule has 3 fully saturated rings. The second-order valence-electron chi connectivity index (χ2n) is 7.20. The smallest absolute Gasteiger partial charge is 0.269 e. The van der Waals surface area contributed by atoms with Crippen LogP contribution in [0.1, 0.15) is 30.3 Å². The maximum atomic E-state index is 12.7. The van der Waals surface area contributed by atoms with E-state index < -0.39 is 4.92 Å². The lowest BCUT2D eigenvalue weighted by Gasteiger charge is -2.49. The summed E-state index contributed by atoms with van der Waals surface area (Å²) in [6.07, 6.45) is 2.29. The Labute approximate surface area is 151 Å². The third-order valence-electron chi connectivity index (χ3n) is 5.80. The van der Waals surface area contributed by atoms with E-state index in [1.165, 1.54) is 12.1 Å². The van der Waals surface area contributed by atoms with Gasteiger partial charge in [0.2, 0.25) is 0 Å². The van der Waals surface area contributed by atoms with Gasteiger partial charge in [-0.25, -0.2) is 0 Å².